The first-order valence-corrected chi connectivity index (χ1v) is 11.7. The Hall–Kier alpha value is -1.76. The summed E-state index contributed by atoms with van der Waals surface area (Å²) in [6.45, 7) is 6.12. The summed E-state index contributed by atoms with van der Waals surface area (Å²) in [6.07, 6.45) is 7.80. The van der Waals surface area contributed by atoms with Crippen LogP contribution in [0.3, 0.4) is 0 Å². The van der Waals surface area contributed by atoms with E-state index >= 15 is 0 Å². The van der Waals surface area contributed by atoms with Gasteiger partial charge in [0, 0.05) is 30.5 Å². The number of nitrogens with one attached hydrogen (secondary N) is 2. The third-order valence-electron chi connectivity index (χ3n) is 4.83. The largest absolute Gasteiger partial charge is 0.372 e. The third kappa shape index (κ3) is 7.79. The van der Waals surface area contributed by atoms with E-state index in [2.05, 4.69) is 21.9 Å². The van der Waals surface area contributed by atoms with Crippen molar-refractivity contribution in [2.24, 2.45) is 0 Å². The fourth-order valence-electron chi connectivity index (χ4n) is 3.37. The predicted molar refractivity (Wildman–Crippen MR) is 112 cm³/mol. The average molecular weight is 396 g/mol. The van der Waals surface area contributed by atoms with Gasteiger partial charge >= 0.3 is 0 Å². The molecule has 0 spiro atoms. The fourth-order valence-corrected chi connectivity index (χ4v) is 4.37. The molecule has 0 saturated carbocycles. The second-order valence-corrected chi connectivity index (χ2v) is 9.14. The van der Waals surface area contributed by atoms with Gasteiger partial charge in [-0.05, 0) is 56.9 Å². The Kier molecular flexibility index (Phi) is 8.41. The van der Waals surface area contributed by atoms with Gasteiger partial charge < -0.3 is 10.2 Å². The lowest BCUT2D eigenvalue weighted by Crippen LogP contribution is -2.38. The number of carbonyl (C=O) groups is 1. The Labute approximate surface area is 163 Å². The maximum absolute atomic E-state index is 12.3. The molecule has 1 aliphatic rings. The van der Waals surface area contributed by atoms with Crippen LogP contribution >= 0.6 is 0 Å². The number of carbonyl (C=O) groups excluding carboxylic acids is 1. The lowest BCUT2D eigenvalue weighted by Gasteiger charge is -2.28. The minimum atomic E-state index is -3.72. The Balaban J connectivity index is 1.83. The van der Waals surface area contributed by atoms with Crippen molar-refractivity contribution >= 4 is 27.3 Å². The number of piperidine rings is 1. The van der Waals surface area contributed by atoms with Crippen molar-refractivity contribution < 1.29 is 13.2 Å². The molecule has 1 aliphatic heterocycles. The van der Waals surface area contributed by atoms with E-state index in [4.69, 9.17) is 0 Å². The summed E-state index contributed by atoms with van der Waals surface area (Å²) in [7, 11) is -3.72. The molecule has 1 saturated heterocycles. The first-order chi connectivity index (χ1) is 12.9. The van der Waals surface area contributed by atoms with Crippen LogP contribution < -0.4 is 14.9 Å². The lowest BCUT2D eigenvalue weighted by molar-refractivity contribution is -0.119. The van der Waals surface area contributed by atoms with Gasteiger partial charge in [0.05, 0.1) is 0 Å². The summed E-state index contributed by atoms with van der Waals surface area (Å²) in [5.41, 5.74) is 1.59. The van der Waals surface area contributed by atoms with Crippen LogP contribution in [0.2, 0.25) is 0 Å². The summed E-state index contributed by atoms with van der Waals surface area (Å²) in [5.74, 6) is -1.02. The Morgan fingerprint density at radius 3 is 2.41 bits per heavy atom. The van der Waals surface area contributed by atoms with Gasteiger partial charge in [-0.15, -0.1) is 0 Å². The smallest absolute Gasteiger partial charge is 0.241 e. The number of amides is 1. The number of hydrogen-bond acceptors (Lipinski definition) is 4. The molecule has 0 aliphatic carbocycles. The van der Waals surface area contributed by atoms with Gasteiger partial charge in [0.25, 0.3) is 0 Å². The van der Waals surface area contributed by atoms with Crippen molar-refractivity contribution in [3.05, 3.63) is 24.3 Å². The van der Waals surface area contributed by atoms with Crippen LogP contribution in [0.1, 0.15) is 58.8 Å². The molecule has 0 aromatic heterocycles. The first kappa shape index (κ1) is 21.5. The lowest BCUT2D eigenvalue weighted by atomic mass is 10.1. The van der Waals surface area contributed by atoms with Crippen LogP contribution in [0, 0.1) is 0 Å². The van der Waals surface area contributed by atoms with E-state index in [9.17, 15) is 13.2 Å². The second-order valence-electron chi connectivity index (χ2n) is 7.42. The molecule has 1 atom stereocenters. The molecule has 2 N–H and O–H groups in total. The molecular weight excluding hydrogens is 362 g/mol. The molecule has 2 rings (SSSR count). The summed E-state index contributed by atoms with van der Waals surface area (Å²) < 4.78 is 27.0. The monoisotopic (exact) mass is 395 g/mol. The van der Waals surface area contributed by atoms with Gasteiger partial charge in [0.2, 0.25) is 15.9 Å². The number of benzene rings is 1. The molecule has 0 radical (unpaired) electrons. The van der Waals surface area contributed by atoms with Gasteiger partial charge in [-0.1, -0.05) is 26.2 Å². The zero-order chi connectivity index (χ0) is 19.7. The Bertz CT molecular complexity index is 683. The third-order valence-corrected chi connectivity index (χ3v) is 6.02. The highest BCUT2D eigenvalue weighted by molar-refractivity contribution is 7.93. The van der Waals surface area contributed by atoms with E-state index in [1.807, 2.05) is 19.1 Å². The molecule has 7 heteroatoms. The first-order valence-electron chi connectivity index (χ1n) is 10.0. The van der Waals surface area contributed by atoms with Crippen molar-refractivity contribution in [3.63, 3.8) is 0 Å². The van der Waals surface area contributed by atoms with Gasteiger partial charge in [-0.3, -0.25) is 9.52 Å². The van der Waals surface area contributed by atoms with E-state index in [1.165, 1.54) is 19.3 Å². The standard InChI is InChI=1S/C20H33N3O3S/c1-3-4-6-9-17(2)21-20(24)16-27(25,26)22-18-10-12-19(13-11-18)23-14-7-5-8-15-23/h10-13,17,22H,3-9,14-16H2,1-2H3,(H,21,24). The molecule has 1 aromatic carbocycles. The summed E-state index contributed by atoms with van der Waals surface area (Å²) in [5, 5.41) is 2.77. The normalized spacial score (nSPS) is 16.0. The maximum atomic E-state index is 12.3. The zero-order valence-electron chi connectivity index (χ0n) is 16.5. The van der Waals surface area contributed by atoms with Crippen LogP contribution in [-0.4, -0.2) is 39.2 Å². The summed E-state index contributed by atoms with van der Waals surface area (Å²) in [6, 6.07) is 7.36. The number of anilines is 2. The SMILES string of the molecule is CCCCCC(C)NC(=O)CS(=O)(=O)Nc1ccc(N2CCCCC2)cc1. The van der Waals surface area contributed by atoms with Crippen LogP contribution in [0.4, 0.5) is 11.4 Å². The zero-order valence-corrected chi connectivity index (χ0v) is 17.4. The molecule has 1 aromatic rings. The van der Waals surface area contributed by atoms with Crippen molar-refractivity contribution in [1.82, 2.24) is 5.32 Å². The number of hydrogen-bond donors (Lipinski definition) is 2. The fraction of sp³-hybridized carbons (Fsp3) is 0.650. The molecular formula is C20H33N3O3S. The number of nitrogens with zero attached hydrogens (tertiary/aromatic N) is 1. The van der Waals surface area contributed by atoms with E-state index in [-0.39, 0.29) is 6.04 Å². The van der Waals surface area contributed by atoms with Crippen LogP contribution in [-0.2, 0) is 14.8 Å². The Morgan fingerprint density at radius 1 is 1.11 bits per heavy atom. The minimum absolute atomic E-state index is 0.0110. The minimum Gasteiger partial charge on any atom is -0.372 e. The molecule has 6 nitrogen and oxygen atoms in total. The molecule has 0 bridgehead atoms. The molecule has 152 valence electrons. The molecule has 1 heterocycles. The molecule has 1 amide bonds. The van der Waals surface area contributed by atoms with Crippen molar-refractivity contribution in [3.8, 4) is 0 Å². The average Bonchev–Trinajstić information content (AvgIpc) is 2.62. The number of sulfonamides is 1. The quantitative estimate of drug-likeness (QED) is 0.594. The van der Waals surface area contributed by atoms with Gasteiger partial charge in [-0.25, -0.2) is 8.42 Å². The van der Waals surface area contributed by atoms with E-state index in [0.717, 1.165) is 44.5 Å². The van der Waals surface area contributed by atoms with E-state index in [0.29, 0.717) is 5.69 Å². The van der Waals surface area contributed by atoms with Gasteiger partial charge in [0.15, 0.2) is 0 Å². The van der Waals surface area contributed by atoms with Crippen LogP contribution in [0.25, 0.3) is 0 Å². The summed E-state index contributed by atoms with van der Waals surface area (Å²) >= 11 is 0. The maximum Gasteiger partial charge on any atom is 0.241 e. The van der Waals surface area contributed by atoms with Crippen LogP contribution in [0.15, 0.2) is 24.3 Å². The topological polar surface area (TPSA) is 78.5 Å². The van der Waals surface area contributed by atoms with Crippen molar-refractivity contribution in [2.45, 2.75) is 64.8 Å². The van der Waals surface area contributed by atoms with Gasteiger partial charge in [-0.2, -0.15) is 0 Å². The van der Waals surface area contributed by atoms with Gasteiger partial charge in [0.1, 0.15) is 5.75 Å². The van der Waals surface area contributed by atoms with E-state index in [1.54, 1.807) is 12.1 Å². The highest BCUT2D eigenvalue weighted by Gasteiger charge is 2.18. The highest BCUT2D eigenvalue weighted by atomic mass is 32.2. The predicted octanol–water partition coefficient (Wildman–Crippen LogP) is 3.50. The molecule has 27 heavy (non-hydrogen) atoms. The highest BCUT2D eigenvalue weighted by Crippen LogP contribution is 2.22. The Morgan fingerprint density at radius 2 is 1.78 bits per heavy atom. The summed E-state index contributed by atoms with van der Waals surface area (Å²) in [4.78, 5) is 14.3. The van der Waals surface area contributed by atoms with Crippen LogP contribution in [0.5, 0.6) is 0 Å². The molecule has 1 unspecified atom stereocenters. The van der Waals surface area contributed by atoms with E-state index < -0.39 is 21.7 Å². The van der Waals surface area contributed by atoms with Crippen molar-refractivity contribution in [1.29, 1.82) is 0 Å². The number of rotatable bonds is 10. The second kappa shape index (κ2) is 10.5. The van der Waals surface area contributed by atoms with Crippen molar-refractivity contribution in [2.75, 3.05) is 28.5 Å². The molecule has 1 fully saturated rings. The number of unbranched alkanes of at least 4 members (excludes halogenated alkanes) is 2.